The first-order chi connectivity index (χ1) is 9.12. The molecule has 7 heteroatoms. The second kappa shape index (κ2) is 6.58. The highest BCUT2D eigenvalue weighted by atomic mass is 79.9. The summed E-state index contributed by atoms with van der Waals surface area (Å²) in [6, 6.07) is 2.31. The predicted molar refractivity (Wildman–Crippen MR) is 72.3 cm³/mol. The highest BCUT2D eigenvalue weighted by Crippen LogP contribution is 2.34. The summed E-state index contributed by atoms with van der Waals surface area (Å²) < 4.78 is 40.0. The Morgan fingerprint density at radius 3 is 2.10 bits per heavy atom. The Balaban J connectivity index is 3.08. The van der Waals surface area contributed by atoms with Crippen LogP contribution in [0.5, 0.6) is 0 Å². The number of alkyl halides is 3. The molecule has 1 rings (SSSR count). The zero-order valence-electron chi connectivity index (χ0n) is 10.9. The van der Waals surface area contributed by atoms with Gasteiger partial charge in [-0.25, -0.2) is 0 Å². The van der Waals surface area contributed by atoms with Crippen LogP contribution in [0.2, 0.25) is 0 Å². The maximum absolute atomic E-state index is 13.1. The normalized spacial score (nSPS) is 15.2. The molecule has 20 heavy (non-hydrogen) atoms. The van der Waals surface area contributed by atoms with Crippen LogP contribution < -0.4 is 5.32 Å². The predicted octanol–water partition coefficient (Wildman–Crippen LogP) is 3.75. The van der Waals surface area contributed by atoms with Crippen LogP contribution in [0.1, 0.15) is 25.5 Å². The lowest BCUT2D eigenvalue weighted by molar-refractivity contribution is -0.164. The Kier molecular flexibility index (Phi) is 5.59. The van der Waals surface area contributed by atoms with E-state index in [0.29, 0.717) is 4.47 Å². The Labute approximate surface area is 123 Å². The molecule has 112 valence electrons. The van der Waals surface area contributed by atoms with Crippen LogP contribution in [0.25, 0.3) is 0 Å². The maximum atomic E-state index is 13.1. The van der Waals surface area contributed by atoms with Gasteiger partial charge in [-0.3, -0.25) is 10.1 Å². The van der Waals surface area contributed by atoms with E-state index in [1.54, 1.807) is 13.8 Å². The van der Waals surface area contributed by atoms with Crippen LogP contribution >= 0.6 is 15.9 Å². The summed E-state index contributed by atoms with van der Waals surface area (Å²) in [7, 11) is 0. The van der Waals surface area contributed by atoms with Gasteiger partial charge in [0.25, 0.3) is 0 Å². The lowest BCUT2D eigenvalue weighted by Gasteiger charge is -2.27. The number of carboxylic acids is 1. The second-order valence-corrected chi connectivity index (χ2v) is 5.67. The van der Waals surface area contributed by atoms with Gasteiger partial charge in [-0.05, 0) is 23.6 Å². The second-order valence-electron chi connectivity index (χ2n) is 4.75. The molecule has 3 nitrogen and oxygen atoms in total. The van der Waals surface area contributed by atoms with Crippen molar-refractivity contribution in [3.05, 3.63) is 34.3 Å². The lowest BCUT2D eigenvalue weighted by atomic mass is 10.00. The molecule has 1 aromatic rings. The first-order valence-electron chi connectivity index (χ1n) is 5.94. The third-order valence-corrected chi connectivity index (χ3v) is 3.34. The lowest BCUT2D eigenvalue weighted by Crippen LogP contribution is -2.47. The van der Waals surface area contributed by atoms with Crippen molar-refractivity contribution in [3.63, 3.8) is 0 Å². The number of aliphatic carboxylic acids is 1. The van der Waals surface area contributed by atoms with Crippen LogP contribution in [0.3, 0.4) is 0 Å². The Hall–Kier alpha value is -1.08. The van der Waals surface area contributed by atoms with Crippen molar-refractivity contribution in [1.82, 2.24) is 5.32 Å². The van der Waals surface area contributed by atoms with E-state index in [0.717, 1.165) is 0 Å². The molecule has 0 aromatic heterocycles. The first kappa shape index (κ1) is 17.0. The number of benzene rings is 1. The van der Waals surface area contributed by atoms with Gasteiger partial charge in [-0.1, -0.05) is 41.9 Å². The van der Waals surface area contributed by atoms with E-state index in [-0.39, 0.29) is 5.56 Å². The van der Waals surface area contributed by atoms with E-state index < -0.39 is 30.1 Å². The van der Waals surface area contributed by atoms with Gasteiger partial charge >= 0.3 is 12.1 Å². The van der Waals surface area contributed by atoms with Crippen LogP contribution in [-0.4, -0.2) is 23.3 Å². The average Bonchev–Trinajstić information content (AvgIpc) is 2.29. The summed E-state index contributed by atoms with van der Waals surface area (Å²) in [5, 5.41) is 11.2. The molecular formula is C13H15BrF3NO2. The van der Waals surface area contributed by atoms with Crippen LogP contribution in [0.15, 0.2) is 28.7 Å². The van der Waals surface area contributed by atoms with Gasteiger partial charge in [-0.2, -0.15) is 13.2 Å². The van der Waals surface area contributed by atoms with Crippen LogP contribution in [-0.2, 0) is 4.79 Å². The van der Waals surface area contributed by atoms with Gasteiger partial charge < -0.3 is 5.11 Å². The van der Waals surface area contributed by atoms with E-state index in [1.807, 2.05) is 0 Å². The molecule has 0 saturated heterocycles. The molecule has 0 saturated carbocycles. The summed E-state index contributed by atoms with van der Waals surface area (Å²) in [5.41, 5.74) is -0.0207. The fraction of sp³-hybridized carbons (Fsp3) is 0.462. The number of nitrogens with one attached hydrogen (secondary N) is 1. The molecule has 2 N–H and O–H groups in total. The molecule has 0 aliphatic carbocycles. The average molecular weight is 354 g/mol. The van der Waals surface area contributed by atoms with Crippen molar-refractivity contribution >= 4 is 21.9 Å². The van der Waals surface area contributed by atoms with Gasteiger partial charge in [0.1, 0.15) is 12.1 Å². The Morgan fingerprint density at radius 2 is 1.75 bits per heavy atom. The molecule has 0 fully saturated rings. The van der Waals surface area contributed by atoms with E-state index in [4.69, 9.17) is 5.11 Å². The van der Waals surface area contributed by atoms with Gasteiger partial charge in [-0.15, -0.1) is 0 Å². The number of carboxylic acid groups (broad SMARTS) is 1. The van der Waals surface area contributed by atoms with Crippen LogP contribution in [0, 0.1) is 5.92 Å². The zero-order valence-corrected chi connectivity index (χ0v) is 12.5. The summed E-state index contributed by atoms with van der Waals surface area (Å²) in [4.78, 5) is 11.1. The zero-order chi connectivity index (χ0) is 15.5. The molecule has 0 amide bonds. The molecule has 0 spiro atoms. The van der Waals surface area contributed by atoms with Gasteiger partial charge in [0.05, 0.1) is 0 Å². The summed E-state index contributed by atoms with van der Waals surface area (Å²) >= 11 is 3.15. The molecule has 2 atom stereocenters. The Morgan fingerprint density at radius 1 is 1.25 bits per heavy atom. The number of hydrogen-bond acceptors (Lipinski definition) is 2. The molecule has 1 aromatic carbocycles. The number of carbonyl (C=O) groups is 1. The number of rotatable bonds is 5. The van der Waals surface area contributed by atoms with Crippen molar-refractivity contribution in [2.24, 2.45) is 5.92 Å². The molecule has 0 heterocycles. The summed E-state index contributed by atoms with van der Waals surface area (Å²) in [6.45, 7) is 3.11. The van der Waals surface area contributed by atoms with Crippen molar-refractivity contribution in [3.8, 4) is 0 Å². The minimum Gasteiger partial charge on any atom is -0.480 e. The van der Waals surface area contributed by atoms with Crippen LogP contribution in [0.4, 0.5) is 13.2 Å². The summed E-state index contributed by atoms with van der Waals surface area (Å²) in [6.07, 6.45) is -4.57. The van der Waals surface area contributed by atoms with Gasteiger partial charge in [0, 0.05) is 4.47 Å². The summed E-state index contributed by atoms with van der Waals surface area (Å²) in [5.74, 6) is -1.76. The van der Waals surface area contributed by atoms with Crippen molar-refractivity contribution in [2.45, 2.75) is 32.1 Å². The fourth-order valence-electron chi connectivity index (χ4n) is 1.76. The molecule has 0 aliphatic rings. The smallest absolute Gasteiger partial charge is 0.407 e. The highest BCUT2D eigenvalue weighted by Gasteiger charge is 2.43. The van der Waals surface area contributed by atoms with Gasteiger partial charge in [0.15, 0.2) is 0 Å². The third-order valence-electron chi connectivity index (χ3n) is 2.81. The first-order valence-corrected chi connectivity index (χ1v) is 6.73. The number of halogens is 4. The standard InChI is InChI=1S/C13H15BrF3NO2/c1-7(2)10(12(19)20)18-11(13(15,16)17)8-3-5-9(14)6-4-8/h3-7,10-11,18H,1-2H3,(H,19,20)/t10-,11-/m0/s1. The SMILES string of the molecule is CC(C)[C@H](N[C@@H](c1ccc(Br)cc1)C(F)(F)F)C(=O)O. The van der Waals surface area contributed by atoms with Crippen molar-refractivity contribution in [1.29, 1.82) is 0 Å². The minimum atomic E-state index is -4.57. The van der Waals surface area contributed by atoms with E-state index >= 15 is 0 Å². The topological polar surface area (TPSA) is 49.3 Å². The monoisotopic (exact) mass is 353 g/mol. The fourth-order valence-corrected chi connectivity index (χ4v) is 2.03. The van der Waals surface area contributed by atoms with E-state index in [1.165, 1.54) is 24.3 Å². The third kappa shape index (κ3) is 4.49. The van der Waals surface area contributed by atoms with Crippen molar-refractivity contribution < 1.29 is 23.1 Å². The quantitative estimate of drug-likeness (QED) is 0.847. The van der Waals surface area contributed by atoms with Crippen molar-refractivity contribution in [2.75, 3.05) is 0 Å². The minimum absolute atomic E-state index is 0.0207. The molecule has 0 bridgehead atoms. The molecule has 0 unspecified atom stereocenters. The molecule has 0 radical (unpaired) electrons. The van der Waals surface area contributed by atoms with Gasteiger partial charge in [0.2, 0.25) is 0 Å². The van der Waals surface area contributed by atoms with E-state index in [2.05, 4.69) is 21.2 Å². The number of hydrogen-bond donors (Lipinski definition) is 2. The van der Waals surface area contributed by atoms with E-state index in [9.17, 15) is 18.0 Å². The molecule has 0 aliphatic heterocycles. The maximum Gasteiger partial charge on any atom is 0.407 e. The molecular weight excluding hydrogens is 339 g/mol. The largest absolute Gasteiger partial charge is 0.480 e. The highest BCUT2D eigenvalue weighted by molar-refractivity contribution is 9.10. The Bertz CT molecular complexity index is 460.